The van der Waals surface area contributed by atoms with Crippen molar-refractivity contribution < 1.29 is 14.0 Å². The molecule has 2 saturated heterocycles. The topological polar surface area (TPSA) is 100 Å². The summed E-state index contributed by atoms with van der Waals surface area (Å²) < 4.78 is 5.40. The van der Waals surface area contributed by atoms with Crippen LogP contribution < -0.4 is 15.5 Å². The van der Waals surface area contributed by atoms with Crippen LogP contribution in [0.15, 0.2) is 52.1 Å². The maximum Gasteiger partial charge on any atom is 0.290 e. The van der Waals surface area contributed by atoms with Gasteiger partial charge in [-0.25, -0.2) is 9.97 Å². The van der Waals surface area contributed by atoms with Gasteiger partial charge in [-0.3, -0.25) is 14.9 Å². The van der Waals surface area contributed by atoms with E-state index in [-0.39, 0.29) is 11.1 Å². The van der Waals surface area contributed by atoms with E-state index in [9.17, 15) is 9.59 Å². The molecule has 0 saturated carbocycles. The minimum absolute atomic E-state index is 0.353. The van der Waals surface area contributed by atoms with Gasteiger partial charge in [0.1, 0.15) is 5.58 Å². The Morgan fingerprint density at radius 2 is 2.09 bits per heavy atom. The van der Waals surface area contributed by atoms with E-state index >= 15 is 0 Å². The van der Waals surface area contributed by atoms with Gasteiger partial charge in [0.15, 0.2) is 0 Å². The van der Waals surface area contributed by atoms with Crippen LogP contribution in [0.1, 0.15) is 24.1 Å². The number of aromatic nitrogens is 2. The molecule has 2 N–H and O–H groups in total. The van der Waals surface area contributed by atoms with Crippen molar-refractivity contribution >= 4 is 45.9 Å². The standard InChI is InChI=1S/C23H23N5O3S/c29-21-20(32-23(30)27-21)12-18-3-7-25-22(26-18)28-8-4-15(5-9-28)13-24-14-16-1-2-19-17(11-16)6-10-31-19/h1-3,6-7,10-12,15,24H,4-5,8-9,13-14H2,(H,27,29,30)/b20-12-. The third-order valence-corrected chi connectivity index (χ3v) is 6.57. The van der Waals surface area contributed by atoms with E-state index < -0.39 is 0 Å². The van der Waals surface area contributed by atoms with Gasteiger partial charge in [-0.05, 0) is 73.0 Å². The zero-order valence-electron chi connectivity index (χ0n) is 17.4. The summed E-state index contributed by atoms with van der Waals surface area (Å²) in [6.45, 7) is 3.60. The predicted molar refractivity (Wildman–Crippen MR) is 124 cm³/mol. The minimum atomic E-state index is -0.377. The lowest BCUT2D eigenvalue weighted by Crippen LogP contribution is -2.38. The molecule has 3 aromatic rings. The molecule has 2 fully saturated rings. The second-order valence-corrected chi connectivity index (χ2v) is 9.00. The highest BCUT2D eigenvalue weighted by atomic mass is 32.2. The van der Waals surface area contributed by atoms with Crippen LogP contribution in [0.3, 0.4) is 0 Å². The van der Waals surface area contributed by atoms with E-state index in [0.29, 0.717) is 22.5 Å². The van der Waals surface area contributed by atoms with Gasteiger partial charge in [-0.1, -0.05) is 6.07 Å². The van der Waals surface area contributed by atoms with Gasteiger partial charge in [0, 0.05) is 31.2 Å². The molecular weight excluding hydrogens is 426 g/mol. The van der Waals surface area contributed by atoms with Crippen LogP contribution in [-0.4, -0.2) is 40.7 Å². The van der Waals surface area contributed by atoms with E-state index in [1.807, 2.05) is 12.1 Å². The zero-order valence-corrected chi connectivity index (χ0v) is 18.2. The fraction of sp³-hybridized carbons (Fsp3) is 0.304. The number of benzene rings is 1. The van der Waals surface area contributed by atoms with Crippen molar-refractivity contribution in [3.63, 3.8) is 0 Å². The van der Waals surface area contributed by atoms with Crippen LogP contribution in [0.2, 0.25) is 0 Å². The van der Waals surface area contributed by atoms with E-state index in [4.69, 9.17) is 4.42 Å². The summed E-state index contributed by atoms with van der Waals surface area (Å²) >= 11 is 0.893. The fourth-order valence-electron chi connectivity index (χ4n) is 4.03. The molecule has 0 spiro atoms. The molecule has 2 aliphatic heterocycles. The molecule has 1 aromatic carbocycles. The first-order valence-electron chi connectivity index (χ1n) is 10.6. The van der Waals surface area contributed by atoms with Crippen LogP contribution in [0, 0.1) is 5.92 Å². The van der Waals surface area contributed by atoms with E-state index in [1.165, 1.54) is 5.56 Å². The molecule has 0 bridgehead atoms. The number of amides is 2. The number of rotatable bonds is 6. The normalized spacial score (nSPS) is 18.6. The molecule has 164 valence electrons. The quantitative estimate of drug-likeness (QED) is 0.551. The number of hydrogen-bond donors (Lipinski definition) is 2. The molecule has 4 heterocycles. The van der Waals surface area contributed by atoms with Crippen LogP contribution in [0.25, 0.3) is 17.0 Å². The number of nitrogens with zero attached hydrogens (tertiary/aromatic N) is 3. The van der Waals surface area contributed by atoms with Crippen molar-refractivity contribution in [1.29, 1.82) is 0 Å². The first-order chi connectivity index (χ1) is 15.6. The zero-order chi connectivity index (χ0) is 21.9. The smallest absolute Gasteiger partial charge is 0.290 e. The predicted octanol–water partition coefficient (Wildman–Crippen LogP) is 3.55. The Balaban J connectivity index is 1.12. The van der Waals surface area contributed by atoms with E-state index in [0.717, 1.165) is 61.8 Å². The lowest BCUT2D eigenvalue weighted by Gasteiger charge is -2.32. The number of anilines is 1. The monoisotopic (exact) mass is 449 g/mol. The Hall–Kier alpha value is -3.17. The molecule has 2 aromatic heterocycles. The second kappa shape index (κ2) is 9.13. The third-order valence-electron chi connectivity index (χ3n) is 5.76. The number of carbonyl (C=O) groups excluding carboxylic acids is 2. The second-order valence-electron chi connectivity index (χ2n) is 7.99. The average molecular weight is 450 g/mol. The molecule has 32 heavy (non-hydrogen) atoms. The van der Waals surface area contributed by atoms with Crippen molar-refractivity contribution in [2.45, 2.75) is 19.4 Å². The number of fused-ring (bicyclic) bond motifs is 1. The molecule has 0 radical (unpaired) electrons. The SMILES string of the molecule is O=C1NC(=O)/C(=C/c2ccnc(N3CCC(CNCc4ccc5occc5c4)CC3)n2)S1. The molecule has 0 atom stereocenters. The highest BCUT2D eigenvalue weighted by Crippen LogP contribution is 2.26. The number of piperidine rings is 1. The minimum Gasteiger partial charge on any atom is -0.464 e. The van der Waals surface area contributed by atoms with Crippen LogP contribution in [-0.2, 0) is 11.3 Å². The maximum absolute atomic E-state index is 11.7. The first kappa shape index (κ1) is 20.7. The van der Waals surface area contributed by atoms with Crippen LogP contribution >= 0.6 is 11.8 Å². The molecule has 2 amide bonds. The van der Waals surface area contributed by atoms with Gasteiger partial charge >= 0.3 is 0 Å². The average Bonchev–Trinajstić information content (AvgIpc) is 3.39. The highest BCUT2D eigenvalue weighted by molar-refractivity contribution is 8.18. The van der Waals surface area contributed by atoms with Crippen LogP contribution in [0.5, 0.6) is 0 Å². The van der Waals surface area contributed by atoms with Gasteiger partial charge in [-0.2, -0.15) is 0 Å². The maximum atomic E-state index is 11.7. The van der Waals surface area contributed by atoms with Crippen molar-refractivity contribution in [1.82, 2.24) is 20.6 Å². The molecular formula is C23H23N5O3S. The number of furan rings is 1. The Kier molecular flexibility index (Phi) is 5.91. The summed E-state index contributed by atoms with van der Waals surface area (Å²) in [5.74, 6) is 0.894. The third kappa shape index (κ3) is 4.68. The molecule has 8 nitrogen and oxygen atoms in total. The number of nitrogens with one attached hydrogen (secondary N) is 2. The fourth-order valence-corrected chi connectivity index (χ4v) is 4.70. The van der Waals surface area contributed by atoms with Gasteiger partial charge in [0.05, 0.1) is 16.9 Å². The summed E-state index contributed by atoms with van der Waals surface area (Å²) in [6.07, 6.45) is 7.17. The Labute approximate surface area is 189 Å². The Morgan fingerprint density at radius 3 is 2.91 bits per heavy atom. The number of hydrogen-bond acceptors (Lipinski definition) is 8. The molecule has 0 aliphatic carbocycles. The summed E-state index contributed by atoms with van der Waals surface area (Å²) in [4.78, 5) is 34.6. The first-order valence-corrected chi connectivity index (χ1v) is 11.5. The van der Waals surface area contributed by atoms with Gasteiger partial charge in [0.2, 0.25) is 5.95 Å². The summed E-state index contributed by atoms with van der Waals surface area (Å²) in [5, 5.41) is 6.62. The van der Waals surface area contributed by atoms with E-state index in [2.05, 4.69) is 37.6 Å². The number of thioether (sulfide) groups is 1. The Bertz CT molecular complexity index is 1180. The summed E-state index contributed by atoms with van der Waals surface area (Å²) in [7, 11) is 0. The van der Waals surface area contributed by atoms with Gasteiger partial charge in [0.25, 0.3) is 11.1 Å². The molecule has 5 rings (SSSR count). The molecule has 2 aliphatic rings. The van der Waals surface area contributed by atoms with Crippen molar-refractivity contribution in [2.24, 2.45) is 5.92 Å². The largest absolute Gasteiger partial charge is 0.464 e. The van der Waals surface area contributed by atoms with E-state index in [1.54, 1.807) is 24.6 Å². The van der Waals surface area contributed by atoms with Gasteiger partial charge < -0.3 is 14.6 Å². The highest BCUT2D eigenvalue weighted by Gasteiger charge is 2.25. The lowest BCUT2D eigenvalue weighted by atomic mass is 9.97. The number of carbonyl (C=O) groups is 2. The number of imide groups is 1. The molecule has 9 heteroatoms. The molecule has 0 unspecified atom stereocenters. The summed E-state index contributed by atoms with van der Waals surface area (Å²) in [5.41, 5.74) is 2.80. The van der Waals surface area contributed by atoms with Crippen LogP contribution in [0.4, 0.5) is 10.7 Å². The Morgan fingerprint density at radius 1 is 1.22 bits per heavy atom. The lowest BCUT2D eigenvalue weighted by molar-refractivity contribution is -0.115. The summed E-state index contributed by atoms with van der Waals surface area (Å²) in [6, 6.07) is 10.0. The van der Waals surface area contributed by atoms with Crippen molar-refractivity contribution in [3.05, 3.63) is 59.0 Å². The van der Waals surface area contributed by atoms with Crippen molar-refractivity contribution in [2.75, 3.05) is 24.5 Å². The van der Waals surface area contributed by atoms with Gasteiger partial charge in [-0.15, -0.1) is 0 Å². The van der Waals surface area contributed by atoms with Crippen molar-refractivity contribution in [3.8, 4) is 0 Å².